The number of carbonyl (C=O) groups is 1. The summed E-state index contributed by atoms with van der Waals surface area (Å²) in [5.74, 6) is 0.359. The molecule has 9 nitrogen and oxygen atoms in total. The van der Waals surface area contributed by atoms with Gasteiger partial charge >= 0.3 is 6.09 Å². The molecular formula is C15H22N4O5. The van der Waals surface area contributed by atoms with E-state index in [0.717, 1.165) is 13.0 Å². The average Bonchev–Trinajstić information content (AvgIpc) is 2.53. The second kappa shape index (κ2) is 7.91. The quantitative estimate of drug-likeness (QED) is 0.479. The minimum absolute atomic E-state index is 0.0682. The fourth-order valence-electron chi connectivity index (χ4n) is 2.94. The van der Waals surface area contributed by atoms with Gasteiger partial charge in [0.05, 0.1) is 11.5 Å². The first-order valence-corrected chi connectivity index (χ1v) is 7.85. The van der Waals surface area contributed by atoms with Gasteiger partial charge in [0.2, 0.25) is 5.88 Å². The molecule has 1 N–H and O–H groups in total. The lowest BCUT2D eigenvalue weighted by Gasteiger charge is -2.43. The molecule has 1 aliphatic heterocycles. The normalized spacial score (nSPS) is 21.5. The zero-order valence-corrected chi connectivity index (χ0v) is 13.8. The molecule has 2 atom stereocenters. The summed E-state index contributed by atoms with van der Waals surface area (Å²) >= 11 is 0. The van der Waals surface area contributed by atoms with Gasteiger partial charge in [0.15, 0.2) is 0 Å². The van der Waals surface area contributed by atoms with E-state index in [1.807, 2.05) is 13.8 Å². The lowest BCUT2D eigenvalue weighted by molar-refractivity contribution is -0.385. The SMILES string of the molecule is CC1CN(C(=O)O)CC(C)N1CCCOc1ccc([N+](=O)[O-])cn1. The van der Waals surface area contributed by atoms with E-state index in [2.05, 4.69) is 9.88 Å². The lowest BCUT2D eigenvalue weighted by atomic mass is 10.1. The number of nitro groups is 1. The number of pyridine rings is 1. The summed E-state index contributed by atoms with van der Waals surface area (Å²) in [4.78, 5) is 28.7. The fourth-order valence-corrected chi connectivity index (χ4v) is 2.94. The highest BCUT2D eigenvalue weighted by molar-refractivity contribution is 5.65. The van der Waals surface area contributed by atoms with E-state index in [4.69, 9.17) is 9.84 Å². The van der Waals surface area contributed by atoms with Crippen molar-refractivity contribution in [1.82, 2.24) is 14.8 Å². The second-order valence-corrected chi connectivity index (χ2v) is 5.94. The van der Waals surface area contributed by atoms with Crippen LogP contribution in [0.15, 0.2) is 18.3 Å². The zero-order chi connectivity index (χ0) is 17.7. The molecule has 0 aliphatic carbocycles. The molecule has 132 valence electrons. The van der Waals surface area contributed by atoms with Crippen molar-refractivity contribution in [1.29, 1.82) is 0 Å². The van der Waals surface area contributed by atoms with Crippen molar-refractivity contribution in [2.75, 3.05) is 26.2 Å². The molecule has 1 aromatic rings. The van der Waals surface area contributed by atoms with Crippen molar-refractivity contribution in [3.8, 4) is 5.88 Å². The van der Waals surface area contributed by atoms with Crippen LogP contribution in [0.2, 0.25) is 0 Å². The largest absolute Gasteiger partial charge is 0.478 e. The van der Waals surface area contributed by atoms with Gasteiger partial charge in [-0.15, -0.1) is 0 Å². The minimum atomic E-state index is -0.874. The Hall–Kier alpha value is -2.42. The number of nitrogens with zero attached hydrogens (tertiary/aromatic N) is 4. The molecule has 0 aromatic carbocycles. The van der Waals surface area contributed by atoms with Crippen molar-refractivity contribution in [3.63, 3.8) is 0 Å². The standard InChI is InChI=1S/C15H22N4O5/c1-11-9-17(15(20)21)10-12(2)18(11)6-3-7-24-14-5-4-13(8-16-14)19(22)23/h4-5,8,11-12H,3,6-7,9-10H2,1-2H3,(H,20,21). The van der Waals surface area contributed by atoms with Crippen molar-refractivity contribution in [3.05, 3.63) is 28.4 Å². The first-order chi connectivity index (χ1) is 11.4. The fraction of sp³-hybridized carbons (Fsp3) is 0.600. The third-order valence-corrected chi connectivity index (χ3v) is 4.11. The lowest BCUT2D eigenvalue weighted by Crippen LogP contribution is -2.58. The van der Waals surface area contributed by atoms with E-state index in [-0.39, 0.29) is 17.8 Å². The summed E-state index contributed by atoms with van der Waals surface area (Å²) in [7, 11) is 0. The number of carboxylic acid groups (broad SMARTS) is 1. The molecule has 1 saturated heterocycles. The predicted octanol–water partition coefficient (Wildman–Crippen LogP) is 1.83. The molecular weight excluding hydrogens is 316 g/mol. The summed E-state index contributed by atoms with van der Waals surface area (Å²) in [5.41, 5.74) is -0.0682. The maximum absolute atomic E-state index is 11.1. The molecule has 1 amide bonds. The summed E-state index contributed by atoms with van der Waals surface area (Å²) < 4.78 is 5.50. The van der Waals surface area contributed by atoms with Crippen molar-refractivity contribution in [2.24, 2.45) is 0 Å². The van der Waals surface area contributed by atoms with Crippen LogP contribution in [0.4, 0.5) is 10.5 Å². The van der Waals surface area contributed by atoms with Crippen LogP contribution in [0, 0.1) is 10.1 Å². The second-order valence-electron chi connectivity index (χ2n) is 5.94. The molecule has 1 aliphatic rings. The van der Waals surface area contributed by atoms with Crippen molar-refractivity contribution < 1.29 is 19.6 Å². The van der Waals surface area contributed by atoms with Crippen LogP contribution in [0.1, 0.15) is 20.3 Å². The van der Waals surface area contributed by atoms with Crippen LogP contribution < -0.4 is 4.74 Å². The maximum Gasteiger partial charge on any atom is 0.407 e. The van der Waals surface area contributed by atoms with E-state index in [1.165, 1.54) is 23.2 Å². The van der Waals surface area contributed by atoms with Gasteiger partial charge in [-0.25, -0.2) is 9.78 Å². The minimum Gasteiger partial charge on any atom is -0.478 e. The van der Waals surface area contributed by atoms with Gasteiger partial charge in [0.1, 0.15) is 6.20 Å². The number of aromatic nitrogens is 1. The van der Waals surface area contributed by atoms with E-state index >= 15 is 0 Å². The van der Waals surface area contributed by atoms with Gasteiger partial charge in [-0.2, -0.15) is 0 Å². The van der Waals surface area contributed by atoms with Crippen molar-refractivity contribution in [2.45, 2.75) is 32.4 Å². The van der Waals surface area contributed by atoms with Crippen LogP contribution in [0.25, 0.3) is 0 Å². The third kappa shape index (κ3) is 4.54. The number of amides is 1. The number of hydrogen-bond acceptors (Lipinski definition) is 6. The summed E-state index contributed by atoms with van der Waals surface area (Å²) in [5, 5.41) is 19.6. The molecule has 0 bridgehead atoms. The first-order valence-electron chi connectivity index (χ1n) is 7.85. The van der Waals surface area contributed by atoms with Crippen LogP contribution in [-0.4, -0.2) is 69.2 Å². The highest BCUT2D eigenvalue weighted by atomic mass is 16.6. The van der Waals surface area contributed by atoms with E-state index in [9.17, 15) is 14.9 Å². The number of ether oxygens (including phenoxy) is 1. The Balaban J connectivity index is 1.75. The molecule has 1 aromatic heterocycles. The van der Waals surface area contributed by atoms with Gasteiger partial charge in [0.25, 0.3) is 5.69 Å². The zero-order valence-electron chi connectivity index (χ0n) is 13.8. The van der Waals surface area contributed by atoms with Gasteiger partial charge in [-0.3, -0.25) is 15.0 Å². The predicted molar refractivity (Wildman–Crippen MR) is 86.2 cm³/mol. The van der Waals surface area contributed by atoms with Crippen LogP contribution in [0.3, 0.4) is 0 Å². The summed E-state index contributed by atoms with van der Waals surface area (Å²) in [6, 6.07) is 3.15. The van der Waals surface area contributed by atoms with Crippen LogP contribution in [-0.2, 0) is 0 Å². The Morgan fingerprint density at radius 1 is 1.42 bits per heavy atom. The molecule has 9 heteroatoms. The van der Waals surface area contributed by atoms with Crippen molar-refractivity contribution >= 4 is 11.8 Å². The third-order valence-electron chi connectivity index (χ3n) is 4.11. The van der Waals surface area contributed by atoms with Crippen LogP contribution in [0.5, 0.6) is 5.88 Å². The van der Waals surface area contributed by atoms with Gasteiger partial charge < -0.3 is 14.7 Å². The van der Waals surface area contributed by atoms with Crippen LogP contribution >= 0.6 is 0 Å². The molecule has 2 rings (SSSR count). The smallest absolute Gasteiger partial charge is 0.407 e. The van der Waals surface area contributed by atoms with E-state index in [1.54, 1.807) is 0 Å². The Morgan fingerprint density at radius 2 is 2.08 bits per heavy atom. The molecule has 0 radical (unpaired) electrons. The molecule has 0 spiro atoms. The maximum atomic E-state index is 11.1. The molecule has 2 unspecified atom stereocenters. The van der Waals surface area contributed by atoms with Gasteiger partial charge in [-0.1, -0.05) is 0 Å². The molecule has 0 saturated carbocycles. The monoisotopic (exact) mass is 338 g/mol. The average molecular weight is 338 g/mol. The Morgan fingerprint density at radius 3 is 2.58 bits per heavy atom. The molecule has 24 heavy (non-hydrogen) atoms. The number of rotatable bonds is 6. The number of piperazine rings is 1. The van der Waals surface area contributed by atoms with E-state index in [0.29, 0.717) is 25.6 Å². The highest BCUT2D eigenvalue weighted by Crippen LogP contribution is 2.17. The summed E-state index contributed by atoms with van der Waals surface area (Å²) in [6.45, 7) is 6.29. The Labute approximate surface area is 140 Å². The highest BCUT2D eigenvalue weighted by Gasteiger charge is 2.31. The molecule has 1 fully saturated rings. The molecule has 2 heterocycles. The van der Waals surface area contributed by atoms with Gasteiger partial charge in [0, 0.05) is 43.9 Å². The summed E-state index contributed by atoms with van der Waals surface area (Å²) in [6.07, 6.45) is 1.06. The first kappa shape index (κ1) is 17.9. The Kier molecular flexibility index (Phi) is 5.91. The van der Waals surface area contributed by atoms with E-state index < -0.39 is 11.0 Å². The topological polar surface area (TPSA) is 109 Å². The van der Waals surface area contributed by atoms with Gasteiger partial charge in [-0.05, 0) is 20.3 Å². The number of hydrogen-bond donors (Lipinski definition) is 1. The Bertz CT molecular complexity index is 568.